The Labute approximate surface area is 213 Å². The predicted molar refractivity (Wildman–Crippen MR) is 126 cm³/mol. The van der Waals surface area contributed by atoms with Gasteiger partial charge >= 0.3 is 5.97 Å². The van der Waals surface area contributed by atoms with Crippen molar-refractivity contribution >= 4 is 47.2 Å². The molecule has 3 amide bonds. The minimum Gasteiger partial charge on any atom is -0.477 e. The molecule has 1 aromatic carbocycles. The molecule has 2 aromatic rings. The fraction of sp³-hybridized carbons (Fsp3) is 0.381. The van der Waals surface area contributed by atoms with Gasteiger partial charge in [0.1, 0.15) is 23.2 Å². The second kappa shape index (κ2) is 9.91. The summed E-state index contributed by atoms with van der Waals surface area (Å²) in [5.41, 5.74) is 1.03. The molecule has 2 fully saturated rings. The molecule has 3 N–H and O–H groups in total. The highest BCUT2D eigenvalue weighted by Gasteiger charge is 2.54. The van der Waals surface area contributed by atoms with Crippen LogP contribution in [0.1, 0.15) is 11.6 Å². The van der Waals surface area contributed by atoms with Gasteiger partial charge in [-0.3, -0.25) is 19.3 Å². The van der Waals surface area contributed by atoms with Crippen LogP contribution in [0.25, 0.3) is 0 Å². The van der Waals surface area contributed by atoms with Gasteiger partial charge in [-0.15, -0.1) is 16.9 Å². The molecule has 188 valence electrons. The zero-order valence-electron chi connectivity index (χ0n) is 18.9. The second-order valence-electron chi connectivity index (χ2n) is 8.20. The topological polar surface area (TPSA) is 172 Å². The fourth-order valence-electron chi connectivity index (χ4n) is 3.91. The Kier molecular flexibility index (Phi) is 6.68. The van der Waals surface area contributed by atoms with Gasteiger partial charge in [-0.05, 0) is 21.6 Å². The van der Waals surface area contributed by atoms with Gasteiger partial charge in [-0.1, -0.05) is 42.1 Å². The number of epoxide rings is 1. The normalized spacial score (nSPS) is 23.4. The van der Waals surface area contributed by atoms with Crippen LogP contribution in [-0.2, 0) is 31.0 Å². The van der Waals surface area contributed by atoms with E-state index < -0.39 is 47.3 Å². The van der Waals surface area contributed by atoms with Gasteiger partial charge in [0.05, 0.1) is 6.61 Å². The minimum atomic E-state index is -1.22. The highest BCUT2D eigenvalue weighted by molar-refractivity contribution is 8.01. The zero-order chi connectivity index (χ0) is 25.4. The highest BCUT2D eigenvalue weighted by atomic mass is 32.2. The van der Waals surface area contributed by atoms with Crippen LogP contribution < -0.4 is 10.6 Å². The first-order valence-electron chi connectivity index (χ1n) is 10.9. The number of carboxylic acid groups (broad SMARTS) is 1. The number of carbonyl (C=O) groups is 4. The fourth-order valence-corrected chi connectivity index (χ4v) is 6.24. The van der Waals surface area contributed by atoms with E-state index in [-0.39, 0.29) is 5.70 Å². The SMILES string of the molecule is Cn1nnnc1SCC1=C(C(=O)O)N2C(=O)[C@@H](NC(=O)C(NC(=O)C3CO3)c3ccccc3)[C@H]2SC1. The van der Waals surface area contributed by atoms with Crippen LogP contribution in [-0.4, -0.2) is 89.5 Å². The van der Waals surface area contributed by atoms with E-state index in [1.807, 2.05) is 0 Å². The summed E-state index contributed by atoms with van der Waals surface area (Å²) in [6, 6.07) is 6.71. The van der Waals surface area contributed by atoms with Crippen molar-refractivity contribution in [2.24, 2.45) is 7.05 Å². The number of nitrogens with zero attached hydrogens (tertiary/aromatic N) is 5. The zero-order valence-corrected chi connectivity index (χ0v) is 20.5. The van der Waals surface area contributed by atoms with E-state index in [0.29, 0.717) is 34.4 Å². The summed E-state index contributed by atoms with van der Waals surface area (Å²) in [5, 5.41) is 26.4. The lowest BCUT2D eigenvalue weighted by molar-refractivity contribution is -0.151. The molecule has 0 aliphatic carbocycles. The maximum atomic E-state index is 13.2. The largest absolute Gasteiger partial charge is 0.477 e. The number of aliphatic carboxylic acids is 1. The number of thioether (sulfide) groups is 2. The van der Waals surface area contributed by atoms with Crippen LogP contribution in [0.15, 0.2) is 46.8 Å². The van der Waals surface area contributed by atoms with Crippen LogP contribution in [0.3, 0.4) is 0 Å². The first kappa shape index (κ1) is 24.3. The number of aryl methyl sites for hydroxylation is 1. The molecular weight excluding hydrogens is 510 g/mol. The highest BCUT2D eigenvalue weighted by Crippen LogP contribution is 2.41. The summed E-state index contributed by atoms with van der Waals surface area (Å²) < 4.78 is 6.47. The Morgan fingerprint density at radius 1 is 1.31 bits per heavy atom. The van der Waals surface area contributed by atoms with Crippen molar-refractivity contribution in [3.63, 3.8) is 0 Å². The number of amides is 3. The number of hydrogen-bond donors (Lipinski definition) is 3. The smallest absolute Gasteiger partial charge is 0.352 e. The van der Waals surface area contributed by atoms with Gasteiger partial charge < -0.3 is 20.5 Å². The predicted octanol–water partition coefficient (Wildman–Crippen LogP) is -0.703. The number of aromatic nitrogens is 4. The summed E-state index contributed by atoms with van der Waals surface area (Å²) in [7, 11) is 1.68. The third-order valence-corrected chi connectivity index (χ3v) is 8.25. The molecule has 3 aliphatic heterocycles. The van der Waals surface area contributed by atoms with E-state index in [1.165, 1.54) is 33.1 Å². The minimum absolute atomic E-state index is 0.0873. The molecule has 0 bridgehead atoms. The first-order valence-corrected chi connectivity index (χ1v) is 12.9. The summed E-state index contributed by atoms with van der Waals surface area (Å²) in [5.74, 6) is -2.07. The van der Waals surface area contributed by atoms with E-state index in [2.05, 4.69) is 26.2 Å². The number of β-lactam (4-membered cyclic amide) rings is 1. The van der Waals surface area contributed by atoms with Crippen molar-refractivity contribution in [2.45, 2.75) is 28.7 Å². The second-order valence-corrected chi connectivity index (χ2v) is 10.2. The average molecular weight is 532 g/mol. The molecule has 4 heterocycles. The lowest BCUT2D eigenvalue weighted by atomic mass is 10.0. The van der Waals surface area contributed by atoms with E-state index in [1.54, 1.807) is 37.4 Å². The van der Waals surface area contributed by atoms with Crippen molar-refractivity contribution in [3.05, 3.63) is 47.2 Å². The van der Waals surface area contributed by atoms with E-state index >= 15 is 0 Å². The van der Waals surface area contributed by atoms with Gasteiger partial charge in [0, 0.05) is 18.6 Å². The Balaban J connectivity index is 1.30. The number of tetrazole rings is 1. The van der Waals surface area contributed by atoms with Gasteiger partial charge in [-0.25, -0.2) is 9.48 Å². The van der Waals surface area contributed by atoms with Crippen molar-refractivity contribution < 1.29 is 29.0 Å². The molecule has 4 atom stereocenters. The maximum absolute atomic E-state index is 13.2. The van der Waals surface area contributed by atoms with Crippen LogP contribution >= 0.6 is 23.5 Å². The van der Waals surface area contributed by atoms with Crippen LogP contribution in [0.5, 0.6) is 0 Å². The Hall–Kier alpha value is -3.43. The molecule has 1 aromatic heterocycles. The van der Waals surface area contributed by atoms with Gasteiger partial charge in [-0.2, -0.15) is 0 Å². The first-order chi connectivity index (χ1) is 17.3. The summed E-state index contributed by atoms with van der Waals surface area (Å²) in [4.78, 5) is 51.8. The lowest BCUT2D eigenvalue weighted by Gasteiger charge is -2.49. The van der Waals surface area contributed by atoms with Crippen molar-refractivity contribution in [3.8, 4) is 0 Å². The molecule has 3 aliphatic rings. The summed E-state index contributed by atoms with van der Waals surface area (Å²) >= 11 is 2.63. The lowest BCUT2D eigenvalue weighted by Crippen LogP contribution is -2.71. The number of ether oxygens (including phenoxy) is 1. The third kappa shape index (κ3) is 4.68. The van der Waals surface area contributed by atoms with Crippen molar-refractivity contribution in [1.29, 1.82) is 0 Å². The van der Waals surface area contributed by atoms with Crippen LogP contribution in [0.4, 0.5) is 0 Å². The number of nitrogens with one attached hydrogen (secondary N) is 2. The molecule has 2 unspecified atom stereocenters. The molecule has 2 saturated heterocycles. The third-order valence-electron chi connectivity index (χ3n) is 5.81. The molecular formula is C21H21N7O6S2. The molecule has 0 spiro atoms. The number of rotatable bonds is 9. The van der Waals surface area contributed by atoms with E-state index in [0.717, 1.165) is 0 Å². The number of carboxylic acids is 1. The average Bonchev–Trinajstić information content (AvgIpc) is 3.65. The van der Waals surface area contributed by atoms with E-state index in [4.69, 9.17) is 4.74 Å². The Morgan fingerprint density at radius 2 is 2.06 bits per heavy atom. The number of benzene rings is 1. The number of fused-ring (bicyclic) bond motifs is 1. The number of hydrogen-bond acceptors (Lipinski definition) is 10. The summed E-state index contributed by atoms with van der Waals surface area (Å²) in [6.07, 6.45) is -0.587. The Morgan fingerprint density at radius 3 is 2.69 bits per heavy atom. The van der Waals surface area contributed by atoms with Crippen molar-refractivity contribution in [1.82, 2.24) is 35.7 Å². The summed E-state index contributed by atoms with van der Waals surface area (Å²) in [6.45, 7) is 0.293. The van der Waals surface area contributed by atoms with Gasteiger partial charge in [0.15, 0.2) is 6.10 Å². The van der Waals surface area contributed by atoms with Gasteiger partial charge in [0.2, 0.25) is 11.1 Å². The van der Waals surface area contributed by atoms with E-state index in [9.17, 15) is 24.3 Å². The standard InChI is InChI=1S/C21H21N7O6S2/c1-27-21(24-25-26-27)36-9-11-8-35-19-14(18(31)28(19)15(11)20(32)33)23-17(30)13(10-5-3-2-4-6-10)22-16(29)12-7-34-12/h2-6,12-14,19H,7-9H2,1H3,(H,22,29)(H,23,30)(H,32,33)/t12?,13?,14-,19-/m1/s1. The Bertz CT molecular complexity index is 1250. The molecule has 13 nitrogen and oxygen atoms in total. The molecule has 15 heteroatoms. The quantitative estimate of drug-likeness (QED) is 0.212. The monoisotopic (exact) mass is 531 g/mol. The van der Waals surface area contributed by atoms with Crippen LogP contribution in [0.2, 0.25) is 0 Å². The molecule has 5 rings (SSSR count). The van der Waals surface area contributed by atoms with Crippen LogP contribution in [0, 0.1) is 0 Å². The maximum Gasteiger partial charge on any atom is 0.352 e. The number of carbonyl (C=O) groups excluding carboxylic acids is 3. The van der Waals surface area contributed by atoms with Crippen molar-refractivity contribution in [2.75, 3.05) is 18.1 Å². The molecule has 36 heavy (non-hydrogen) atoms. The van der Waals surface area contributed by atoms with Gasteiger partial charge in [0.25, 0.3) is 11.8 Å². The molecule has 0 saturated carbocycles. The molecule has 0 radical (unpaired) electrons.